The summed E-state index contributed by atoms with van der Waals surface area (Å²) >= 11 is 6.24. The van der Waals surface area contributed by atoms with Crippen molar-refractivity contribution in [3.63, 3.8) is 0 Å². The van der Waals surface area contributed by atoms with Crippen LogP contribution < -0.4 is 0 Å². The second-order valence-electron chi connectivity index (χ2n) is 4.91. The molecule has 18 heavy (non-hydrogen) atoms. The first-order valence-corrected chi connectivity index (χ1v) is 6.56. The van der Waals surface area contributed by atoms with Crippen LogP contribution in [0, 0.1) is 0 Å². The fraction of sp³-hybridized carbons (Fsp3) is 0.538. The van der Waals surface area contributed by atoms with E-state index in [9.17, 15) is 0 Å². The van der Waals surface area contributed by atoms with Gasteiger partial charge in [0, 0.05) is 18.8 Å². The van der Waals surface area contributed by atoms with Crippen molar-refractivity contribution in [2.75, 3.05) is 20.6 Å². The van der Waals surface area contributed by atoms with Crippen molar-refractivity contribution in [1.82, 2.24) is 19.4 Å². The molecule has 0 N–H and O–H groups in total. The number of halogens is 1. The number of nitrogens with zero attached hydrogens (tertiary/aromatic N) is 4. The quantitative estimate of drug-likeness (QED) is 0.798. The fourth-order valence-electron chi connectivity index (χ4n) is 2.27. The highest BCUT2D eigenvalue weighted by Gasteiger charge is 2.19. The number of hydrogen-bond acceptors (Lipinski definition) is 3. The molecule has 0 bridgehead atoms. The number of imidazole rings is 1. The molecule has 2 unspecified atom stereocenters. The van der Waals surface area contributed by atoms with Gasteiger partial charge in [-0.15, -0.1) is 11.6 Å². The Labute approximate surface area is 113 Å². The zero-order valence-corrected chi connectivity index (χ0v) is 12.0. The molecule has 0 aliphatic heterocycles. The maximum absolute atomic E-state index is 6.24. The molecule has 4 nitrogen and oxygen atoms in total. The molecule has 0 radical (unpaired) electrons. The van der Waals surface area contributed by atoms with Gasteiger partial charge in [-0.3, -0.25) is 0 Å². The van der Waals surface area contributed by atoms with Crippen molar-refractivity contribution < 1.29 is 0 Å². The van der Waals surface area contributed by atoms with Crippen LogP contribution in [0.25, 0.3) is 11.2 Å². The zero-order valence-electron chi connectivity index (χ0n) is 11.3. The first kappa shape index (κ1) is 13.3. The number of hydrogen-bond donors (Lipinski definition) is 0. The second-order valence-corrected chi connectivity index (χ2v) is 5.57. The third-order valence-corrected chi connectivity index (χ3v) is 3.10. The van der Waals surface area contributed by atoms with E-state index in [2.05, 4.69) is 40.5 Å². The number of fused-ring (bicyclic) bond motifs is 1. The molecule has 2 aromatic heterocycles. The normalized spacial score (nSPS) is 15.2. The molecule has 2 atom stereocenters. The summed E-state index contributed by atoms with van der Waals surface area (Å²) in [4.78, 5) is 11.2. The third kappa shape index (κ3) is 2.49. The molecule has 0 aliphatic rings. The van der Waals surface area contributed by atoms with E-state index < -0.39 is 0 Å². The zero-order chi connectivity index (χ0) is 13.3. The van der Waals surface area contributed by atoms with Gasteiger partial charge in [-0.05, 0) is 40.1 Å². The third-order valence-electron chi connectivity index (χ3n) is 2.90. The SMILES string of the molecule is CC(Cl)c1nc2cccnc2n1C(C)CN(C)C. The van der Waals surface area contributed by atoms with Crippen molar-refractivity contribution in [2.45, 2.75) is 25.3 Å². The van der Waals surface area contributed by atoms with Crippen molar-refractivity contribution in [3.05, 3.63) is 24.2 Å². The topological polar surface area (TPSA) is 34.0 Å². The molecular formula is C13H19ClN4. The highest BCUT2D eigenvalue weighted by molar-refractivity contribution is 6.20. The van der Waals surface area contributed by atoms with Crippen LogP contribution in [-0.4, -0.2) is 40.1 Å². The van der Waals surface area contributed by atoms with E-state index in [0.29, 0.717) is 0 Å². The van der Waals surface area contributed by atoms with Gasteiger partial charge in [-0.25, -0.2) is 9.97 Å². The second kappa shape index (κ2) is 5.24. The Morgan fingerprint density at radius 2 is 2.11 bits per heavy atom. The van der Waals surface area contributed by atoms with Crippen LogP contribution in [0.3, 0.4) is 0 Å². The molecule has 0 aromatic carbocycles. The molecule has 0 spiro atoms. The van der Waals surface area contributed by atoms with Crippen molar-refractivity contribution >= 4 is 22.8 Å². The first-order chi connectivity index (χ1) is 8.50. The molecule has 5 heteroatoms. The summed E-state index contributed by atoms with van der Waals surface area (Å²) in [7, 11) is 4.12. The summed E-state index contributed by atoms with van der Waals surface area (Å²) in [5.74, 6) is 0.889. The fourth-order valence-corrected chi connectivity index (χ4v) is 2.43. The van der Waals surface area contributed by atoms with Gasteiger partial charge < -0.3 is 9.47 Å². The Morgan fingerprint density at radius 3 is 2.72 bits per heavy atom. The van der Waals surface area contributed by atoms with Gasteiger partial charge in [-0.1, -0.05) is 0 Å². The lowest BCUT2D eigenvalue weighted by atomic mass is 10.3. The molecule has 98 valence electrons. The Balaban J connectivity index is 2.54. The van der Waals surface area contributed by atoms with E-state index in [1.54, 1.807) is 6.20 Å². The molecule has 0 amide bonds. The van der Waals surface area contributed by atoms with Crippen molar-refractivity contribution in [1.29, 1.82) is 0 Å². The summed E-state index contributed by atoms with van der Waals surface area (Å²) in [6.07, 6.45) is 1.80. The monoisotopic (exact) mass is 266 g/mol. The van der Waals surface area contributed by atoms with Crippen LogP contribution in [0.1, 0.15) is 31.1 Å². The highest BCUT2D eigenvalue weighted by atomic mass is 35.5. The Kier molecular flexibility index (Phi) is 3.88. The van der Waals surface area contributed by atoms with Crippen LogP contribution in [0.15, 0.2) is 18.3 Å². The summed E-state index contributed by atoms with van der Waals surface area (Å²) in [5.41, 5.74) is 1.82. The number of pyridine rings is 1. The maximum atomic E-state index is 6.24. The molecule has 0 saturated carbocycles. The van der Waals surface area contributed by atoms with Gasteiger partial charge in [0.25, 0.3) is 0 Å². The number of rotatable bonds is 4. The van der Waals surface area contributed by atoms with E-state index in [1.807, 2.05) is 19.1 Å². The Hall–Kier alpha value is -1.13. The minimum atomic E-state index is -0.121. The average molecular weight is 267 g/mol. The van der Waals surface area contributed by atoms with Gasteiger partial charge in [0.05, 0.1) is 5.38 Å². The van der Waals surface area contributed by atoms with E-state index in [-0.39, 0.29) is 11.4 Å². The minimum absolute atomic E-state index is 0.121. The van der Waals surface area contributed by atoms with Crippen LogP contribution in [-0.2, 0) is 0 Å². The van der Waals surface area contributed by atoms with Gasteiger partial charge in [0.15, 0.2) is 5.65 Å². The van der Waals surface area contributed by atoms with E-state index >= 15 is 0 Å². The van der Waals surface area contributed by atoms with E-state index in [0.717, 1.165) is 23.5 Å². The number of alkyl halides is 1. The smallest absolute Gasteiger partial charge is 0.160 e. The van der Waals surface area contributed by atoms with Crippen molar-refractivity contribution in [3.8, 4) is 0 Å². The molecule has 0 fully saturated rings. The van der Waals surface area contributed by atoms with Gasteiger partial charge in [-0.2, -0.15) is 0 Å². The number of likely N-dealkylation sites (N-methyl/N-ethyl adjacent to an activating group) is 1. The minimum Gasteiger partial charge on any atom is -0.307 e. The van der Waals surface area contributed by atoms with Crippen molar-refractivity contribution in [2.24, 2.45) is 0 Å². The predicted octanol–water partition coefficient (Wildman–Crippen LogP) is 2.85. The Bertz CT molecular complexity index is 533. The van der Waals surface area contributed by atoms with E-state index in [1.165, 1.54) is 0 Å². The number of aromatic nitrogens is 3. The largest absolute Gasteiger partial charge is 0.307 e. The lowest BCUT2D eigenvalue weighted by molar-refractivity contribution is 0.336. The molecule has 2 aromatic rings. The van der Waals surface area contributed by atoms with Crippen LogP contribution in [0.4, 0.5) is 0 Å². The highest BCUT2D eigenvalue weighted by Crippen LogP contribution is 2.26. The summed E-state index contributed by atoms with van der Waals surface area (Å²) in [6.45, 7) is 5.04. The van der Waals surface area contributed by atoms with Gasteiger partial charge in [0.2, 0.25) is 0 Å². The predicted molar refractivity (Wildman–Crippen MR) is 75.1 cm³/mol. The average Bonchev–Trinajstić information content (AvgIpc) is 2.67. The molecular weight excluding hydrogens is 248 g/mol. The van der Waals surface area contributed by atoms with Crippen LogP contribution >= 0.6 is 11.6 Å². The Morgan fingerprint density at radius 1 is 1.39 bits per heavy atom. The van der Waals surface area contributed by atoms with E-state index in [4.69, 9.17) is 11.6 Å². The molecule has 0 aliphatic carbocycles. The van der Waals surface area contributed by atoms with Gasteiger partial charge >= 0.3 is 0 Å². The standard InChI is InChI=1S/C13H19ClN4/c1-9(8-17(3)4)18-12(10(2)14)16-11-6-5-7-15-13(11)18/h5-7,9-10H,8H2,1-4H3. The lowest BCUT2D eigenvalue weighted by Crippen LogP contribution is -2.24. The first-order valence-electron chi connectivity index (χ1n) is 6.12. The molecule has 0 saturated heterocycles. The maximum Gasteiger partial charge on any atom is 0.160 e. The van der Waals surface area contributed by atoms with Crippen LogP contribution in [0.5, 0.6) is 0 Å². The molecule has 2 rings (SSSR count). The summed E-state index contributed by atoms with van der Waals surface area (Å²) in [5, 5.41) is -0.121. The summed E-state index contributed by atoms with van der Waals surface area (Å²) < 4.78 is 2.15. The summed E-state index contributed by atoms with van der Waals surface area (Å²) in [6, 6.07) is 4.17. The van der Waals surface area contributed by atoms with Gasteiger partial charge in [0.1, 0.15) is 11.3 Å². The molecule has 2 heterocycles. The van der Waals surface area contributed by atoms with Crippen LogP contribution in [0.2, 0.25) is 0 Å². The lowest BCUT2D eigenvalue weighted by Gasteiger charge is -2.21.